The summed E-state index contributed by atoms with van der Waals surface area (Å²) in [6, 6.07) is 11.2. The van der Waals surface area contributed by atoms with Crippen molar-refractivity contribution in [2.45, 2.75) is 33.8 Å². The van der Waals surface area contributed by atoms with Crippen LogP contribution in [-0.2, 0) is 9.59 Å². The molecule has 0 unspecified atom stereocenters. The number of methoxy groups -OCH3 is 1. The number of rotatable bonds is 8. The molecule has 0 bridgehead atoms. The minimum Gasteiger partial charge on any atom is -0.497 e. The molecule has 2 rings (SSSR count). The Hall–Kier alpha value is -3.16. The second-order valence-electron chi connectivity index (χ2n) is 7.62. The van der Waals surface area contributed by atoms with Gasteiger partial charge in [-0.1, -0.05) is 32.9 Å². The second-order valence-corrected chi connectivity index (χ2v) is 7.62. The molecule has 0 radical (unpaired) electrons. The smallest absolute Gasteiger partial charge is 0.387 e. The van der Waals surface area contributed by atoms with Crippen LogP contribution in [0.4, 0.5) is 14.5 Å². The lowest BCUT2D eigenvalue weighted by Crippen LogP contribution is -2.36. The Bertz CT molecular complexity index is 878. The van der Waals surface area contributed by atoms with E-state index < -0.39 is 12.0 Å². The van der Waals surface area contributed by atoms with Crippen molar-refractivity contribution in [1.82, 2.24) is 5.32 Å². The number of ether oxygens (including phenoxy) is 2. The van der Waals surface area contributed by atoms with E-state index in [0.717, 1.165) is 0 Å². The molecule has 2 aromatic rings. The maximum absolute atomic E-state index is 12.8. The molecule has 0 aliphatic carbocycles. The molecule has 2 aromatic carbocycles. The minimum absolute atomic E-state index is 0.00870. The number of alkyl halides is 2. The van der Waals surface area contributed by atoms with Gasteiger partial charge in [0.05, 0.1) is 7.11 Å². The standard InChI is InChI=1S/C22H26F2N2O4/c1-22(2,3)20(28)25-12-11-19(27)26-15-7-10-18(30-21(23)24)17(13-15)14-5-8-16(29-4)9-6-14/h5-10,13,21H,11-12H2,1-4H3,(H,25,28)(H,26,27). The molecule has 0 aliphatic rings. The summed E-state index contributed by atoms with van der Waals surface area (Å²) in [5, 5.41) is 5.41. The Kier molecular flexibility index (Phi) is 7.74. The van der Waals surface area contributed by atoms with E-state index in [1.807, 2.05) is 0 Å². The lowest BCUT2D eigenvalue weighted by atomic mass is 9.96. The molecule has 0 aromatic heterocycles. The van der Waals surface area contributed by atoms with Crippen LogP contribution in [-0.4, -0.2) is 32.1 Å². The van der Waals surface area contributed by atoms with Crippen molar-refractivity contribution in [2.75, 3.05) is 19.0 Å². The summed E-state index contributed by atoms with van der Waals surface area (Å²) in [4.78, 5) is 24.1. The van der Waals surface area contributed by atoms with Gasteiger partial charge < -0.3 is 20.1 Å². The molecule has 0 spiro atoms. The topological polar surface area (TPSA) is 76.7 Å². The largest absolute Gasteiger partial charge is 0.497 e. The Balaban J connectivity index is 2.13. The predicted octanol–water partition coefficient (Wildman–Crippen LogP) is 4.45. The quantitative estimate of drug-likeness (QED) is 0.661. The molecule has 0 aliphatic heterocycles. The molecule has 162 valence electrons. The fraction of sp³-hybridized carbons (Fsp3) is 0.364. The zero-order chi connectivity index (χ0) is 22.3. The molecular weight excluding hydrogens is 394 g/mol. The van der Waals surface area contributed by atoms with Crippen LogP contribution in [0.5, 0.6) is 11.5 Å². The van der Waals surface area contributed by atoms with Gasteiger partial charge in [0.2, 0.25) is 11.8 Å². The van der Waals surface area contributed by atoms with Gasteiger partial charge in [-0.05, 0) is 35.9 Å². The number of amides is 2. The Morgan fingerprint density at radius 1 is 1.07 bits per heavy atom. The zero-order valence-electron chi connectivity index (χ0n) is 17.4. The molecule has 2 N–H and O–H groups in total. The second kappa shape index (κ2) is 10.0. The van der Waals surface area contributed by atoms with E-state index in [4.69, 9.17) is 4.74 Å². The lowest BCUT2D eigenvalue weighted by Gasteiger charge is -2.17. The number of hydrogen-bond donors (Lipinski definition) is 2. The van der Waals surface area contributed by atoms with E-state index in [0.29, 0.717) is 22.6 Å². The van der Waals surface area contributed by atoms with Crippen LogP contribution in [0.2, 0.25) is 0 Å². The van der Waals surface area contributed by atoms with Crippen LogP contribution in [0.3, 0.4) is 0 Å². The number of benzene rings is 2. The first-order valence-corrected chi connectivity index (χ1v) is 9.41. The highest BCUT2D eigenvalue weighted by Crippen LogP contribution is 2.34. The fourth-order valence-corrected chi connectivity index (χ4v) is 2.58. The molecule has 30 heavy (non-hydrogen) atoms. The molecule has 0 saturated heterocycles. The van der Waals surface area contributed by atoms with Crippen molar-refractivity contribution < 1.29 is 27.8 Å². The number of hydrogen-bond acceptors (Lipinski definition) is 4. The fourth-order valence-electron chi connectivity index (χ4n) is 2.58. The lowest BCUT2D eigenvalue weighted by molar-refractivity contribution is -0.128. The van der Waals surface area contributed by atoms with E-state index in [1.54, 1.807) is 51.1 Å². The third-order valence-electron chi connectivity index (χ3n) is 4.20. The predicted molar refractivity (Wildman–Crippen MR) is 111 cm³/mol. The van der Waals surface area contributed by atoms with Gasteiger partial charge in [0.25, 0.3) is 0 Å². The van der Waals surface area contributed by atoms with Crippen molar-refractivity contribution in [3.8, 4) is 22.6 Å². The summed E-state index contributed by atoms with van der Waals surface area (Å²) in [5.41, 5.74) is 0.913. The van der Waals surface area contributed by atoms with Gasteiger partial charge in [-0.2, -0.15) is 8.78 Å². The monoisotopic (exact) mass is 420 g/mol. The van der Waals surface area contributed by atoms with Gasteiger partial charge in [-0.15, -0.1) is 0 Å². The van der Waals surface area contributed by atoms with Crippen molar-refractivity contribution in [3.63, 3.8) is 0 Å². The minimum atomic E-state index is -2.98. The van der Waals surface area contributed by atoms with Gasteiger partial charge >= 0.3 is 6.61 Å². The molecule has 2 amide bonds. The average Bonchev–Trinajstić information content (AvgIpc) is 2.68. The van der Waals surface area contributed by atoms with Gasteiger partial charge in [-0.3, -0.25) is 9.59 Å². The van der Waals surface area contributed by atoms with E-state index in [1.165, 1.54) is 19.2 Å². The summed E-state index contributed by atoms with van der Waals surface area (Å²) in [5.74, 6) is 0.153. The van der Waals surface area contributed by atoms with Gasteiger partial charge in [0, 0.05) is 29.6 Å². The van der Waals surface area contributed by atoms with Gasteiger partial charge in [0.1, 0.15) is 11.5 Å². The first-order valence-electron chi connectivity index (χ1n) is 9.41. The van der Waals surface area contributed by atoms with E-state index in [2.05, 4.69) is 15.4 Å². The van der Waals surface area contributed by atoms with Gasteiger partial charge in [-0.25, -0.2) is 0 Å². The Labute approximate surface area is 174 Å². The number of carbonyl (C=O) groups is 2. The highest BCUT2D eigenvalue weighted by Gasteiger charge is 2.20. The molecule has 0 heterocycles. The maximum atomic E-state index is 12.8. The zero-order valence-corrected chi connectivity index (χ0v) is 17.4. The van der Waals surface area contributed by atoms with E-state index in [9.17, 15) is 18.4 Å². The number of nitrogens with one attached hydrogen (secondary N) is 2. The van der Waals surface area contributed by atoms with Crippen LogP contribution in [0.25, 0.3) is 11.1 Å². The highest BCUT2D eigenvalue weighted by molar-refractivity contribution is 5.92. The molecule has 6 nitrogen and oxygen atoms in total. The molecule has 0 atom stereocenters. The SMILES string of the molecule is COc1ccc(-c2cc(NC(=O)CCNC(=O)C(C)(C)C)ccc2OC(F)F)cc1. The van der Waals surface area contributed by atoms with E-state index in [-0.39, 0.29) is 30.5 Å². The maximum Gasteiger partial charge on any atom is 0.387 e. The first-order chi connectivity index (χ1) is 14.1. The third-order valence-corrected chi connectivity index (χ3v) is 4.20. The number of halogens is 2. The van der Waals surface area contributed by atoms with Crippen molar-refractivity contribution in [1.29, 1.82) is 0 Å². The molecule has 0 saturated carbocycles. The molecule has 8 heteroatoms. The summed E-state index contributed by atoms with van der Waals surface area (Å²) < 4.78 is 35.3. The molecular formula is C22H26F2N2O4. The summed E-state index contributed by atoms with van der Waals surface area (Å²) in [6.07, 6.45) is 0.0783. The Morgan fingerprint density at radius 2 is 1.73 bits per heavy atom. The van der Waals surface area contributed by atoms with Crippen LogP contribution in [0.1, 0.15) is 27.2 Å². The summed E-state index contributed by atoms with van der Waals surface area (Å²) in [7, 11) is 1.53. The normalized spacial score (nSPS) is 11.2. The number of anilines is 1. The van der Waals surface area contributed by atoms with Crippen LogP contribution >= 0.6 is 0 Å². The highest BCUT2D eigenvalue weighted by atomic mass is 19.3. The first kappa shape index (κ1) is 23.1. The van der Waals surface area contributed by atoms with E-state index >= 15 is 0 Å². The van der Waals surface area contributed by atoms with Crippen LogP contribution in [0.15, 0.2) is 42.5 Å². The Morgan fingerprint density at radius 3 is 2.30 bits per heavy atom. The van der Waals surface area contributed by atoms with Crippen molar-refractivity contribution in [3.05, 3.63) is 42.5 Å². The van der Waals surface area contributed by atoms with Gasteiger partial charge in [0.15, 0.2) is 0 Å². The van der Waals surface area contributed by atoms with Crippen LogP contribution in [0, 0.1) is 5.41 Å². The summed E-state index contributed by atoms with van der Waals surface area (Å²) in [6.45, 7) is 2.57. The number of carbonyl (C=O) groups excluding carboxylic acids is 2. The average molecular weight is 420 g/mol. The van der Waals surface area contributed by atoms with Crippen LogP contribution < -0.4 is 20.1 Å². The van der Waals surface area contributed by atoms with Crippen molar-refractivity contribution >= 4 is 17.5 Å². The summed E-state index contributed by atoms with van der Waals surface area (Å²) >= 11 is 0. The third kappa shape index (κ3) is 6.72. The molecule has 0 fully saturated rings. The van der Waals surface area contributed by atoms with Crippen molar-refractivity contribution in [2.24, 2.45) is 5.41 Å².